The molecule has 2 fully saturated rings. The van der Waals surface area contributed by atoms with E-state index in [1.807, 2.05) is 52.0 Å². The summed E-state index contributed by atoms with van der Waals surface area (Å²) in [5.41, 5.74) is 4.38. The van der Waals surface area contributed by atoms with Crippen molar-refractivity contribution in [3.05, 3.63) is 49.2 Å². The Bertz CT molecular complexity index is 972. The number of phosphoric acid groups is 1. The van der Waals surface area contributed by atoms with Gasteiger partial charge in [0, 0.05) is 0 Å². The van der Waals surface area contributed by atoms with Crippen molar-refractivity contribution < 1.29 is 63.2 Å². The Morgan fingerprint density at radius 3 is 2.30 bits per heavy atom. The summed E-state index contributed by atoms with van der Waals surface area (Å²) in [5, 5.41) is 0. The summed E-state index contributed by atoms with van der Waals surface area (Å²) in [5.74, 6) is 0. The van der Waals surface area contributed by atoms with Crippen molar-refractivity contribution in [3.63, 3.8) is 0 Å². The van der Waals surface area contributed by atoms with Gasteiger partial charge in [-0.05, 0) is 37.2 Å². The molecule has 3 aliphatic rings. The first-order chi connectivity index (χ1) is 20.3. The Morgan fingerprint density at radius 1 is 1.25 bits per heavy atom. The molecule has 0 saturated carbocycles. The van der Waals surface area contributed by atoms with Crippen LogP contribution in [-0.4, -0.2) is 68.1 Å². The second-order valence-electron chi connectivity index (χ2n) is 10.7. The zero-order chi connectivity index (χ0) is 32.9. The molecule has 13 heteroatoms. The second-order valence-corrected chi connectivity index (χ2v) is 13.4. The molecule has 0 amide bonds. The molecule has 0 aromatic heterocycles. The number of rotatable bonds is 12. The van der Waals surface area contributed by atoms with Crippen molar-refractivity contribution in [1.29, 1.82) is 0 Å². The number of hydrogen-bond acceptors (Lipinski definition) is 10. The number of ether oxygens (including phenoxy) is 4. The van der Waals surface area contributed by atoms with Crippen LogP contribution in [0.2, 0.25) is 0 Å². The molecule has 2 heterocycles. The molecule has 2 N–H and O–H groups in total. The zero-order valence-corrected chi connectivity index (χ0v) is 28.8. The van der Waals surface area contributed by atoms with E-state index in [9.17, 15) is 13.8 Å². The molecule has 0 bridgehead atoms. The average Bonchev–Trinajstić information content (AvgIpc) is 3.19. The van der Waals surface area contributed by atoms with Gasteiger partial charge in [0.1, 0.15) is 12.3 Å². The third-order valence-electron chi connectivity index (χ3n) is 6.14. The van der Waals surface area contributed by atoms with Crippen LogP contribution in [0.15, 0.2) is 49.2 Å². The van der Waals surface area contributed by atoms with Crippen molar-refractivity contribution in [2.45, 2.75) is 92.5 Å². The Hall–Kier alpha value is -1.56. The monoisotopic (exact) mass is 686 g/mol. The van der Waals surface area contributed by atoms with Gasteiger partial charge in [-0.1, -0.05) is 59.8 Å². The van der Waals surface area contributed by atoms with E-state index in [2.05, 4.69) is 44.0 Å². The summed E-state index contributed by atoms with van der Waals surface area (Å²) in [6.45, 7) is 16.7. The molecular weight excluding hydrogens is 631 g/mol. The molecular formula is C31H55FNO9PV. The van der Waals surface area contributed by atoms with Crippen LogP contribution in [0, 0.1) is 5.41 Å². The first kappa shape index (κ1) is 44.6. The van der Waals surface area contributed by atoms with Crippen molar-refractivity contribution in [3.8, 4) is 0 Å². The third kappa shape index (κ3) is 17.8. The molecule has 0 aromatic carbocycles. The van der Waals surface area contributed by atoms with Crippen molar-refractivity contribution >= 4 is 18.2 Å². The van der Waals surface area contributed by atoms with Crippen LogP contribution < -0.4 is 5.73 Å². The third-order valence-corrected chi connectivity index (χ3v) is 7.68. The van der Waals surface area contributed by atoms with Crippen LogP contribution in [0.25, 0.3) is 0 Å². The Labute approximate surface area is 273 Å². The predicted molar refractivity (Wildman–Crippen MR) is 170 cm³/mol. The van der Waals surface area contributed by atoms with Crippen LogP contribution in [0.3, 0.4) is 0 Å². The van der Waals surface area contributed by atoms with E-state index in [-0.39, 0.29) is 38.3 Å². The minimum atomic E-state index is -4.21. The van der Waals surface area contributed by atoms with Gasteiger partial charge in [-0.2, -0.15) is 0 Å². The molecule has 3 atom stereocenters. The van der Waals surface area contributed by atoms with E-state index in [1.54, 1.807) is 0 Å². The number of hydrogen-bond donors (Lipinski definition) is 1. The molecule has 2 saturated heterocycles. The van der Waals surface area contributed by atoms with E-state index >= 15 is 0 Å². The Morgan fingerprint density at radius 2 is 1.89 bits per heavy atom. The fourth-order valence-electron chi connectivity index (χ4n) is 3.73. The fourth-order valence-corrected chi connectivity index (χ4v) is 4.98. The molecule has 0 radical (unpaired) electrons. The van der Waals surface area contributed by atoms with Gasteiger partial charge in [-0.15, -0.1) is 13.2 Å². The molecule has 10 nitrogen and oxygen atoms in total. The zero-order valence-electron chi connectivity index (χ0n) is 26.6. The minimum absolute atomic E-state index is 0. The summed E-state index contributed by atoms with van der Waals surface area (Å²) in [6.07, 6.45) is 10.7. The van der Waals surface area contributed by atoms with Gasteiger partial charge in [0.15, 0.2) is 6.10 Å². The standard InChI is InChI=1S/C21H32FO9P.C4H7N.C3H8.C2H4.CH4.V/c1-16-20(2,3)12-21(13-22,31-16)14-28-32(24,27-9-17-7-5-4-6-8-17)29-15-26-19(23)30-18-10-25-11-18;1-2-3-4-5;1-3-2;1-2;;/h4-5,7,16,18H,6,8-15H2,1-3H3;3-4H,5H2,1H3;3H2,1-2H3;1-2H2;1H4;/b;4-3-;;;;/t16-,21+,32?;;;;;/m0...../s1. The summed E-state index contributed by atoms with van der Waals surface area (Å²) >= 11 is 2.40. The van der Waals surface area contributed by atoms with Crippen LogP contribution in [-0.2, 0) is 54.1 Å². The van der Waals surface area contributed by atoms with E-state index in [4.69, 9.17) is 38.3 Å². The van der Waals surface area contributed by atoms with Gasteiger partial charge in [-0.3, -0.25) is 9.05 Å². The summed E-state index contributed by atoms with van der Waals surface area (Å²) in [6, 6.07) is 0. The van der Waals surface area contributed by atoms with E-state index < -0.39 is 33.0 Å². The van der Waals surface area contributed by atoms with Crippen LogP contribution in [0.5, 0.6) is 0 Å². The first-order valence-corrected chi connectivity index (χ1v) is 16.4. The maximum atomic E-state index is 14.0. The molecule has 1 aliphatic carbocycles. The number of allylic oxidation sites excluding steroid dienone is 4. The van der Waals surface area contributed by atoms with Gasteiger partial charge in [0.25, 0.3) is 0 Å². The molecule has 3 rings (SSSR count). The number of nitrogens with two attached hydrogens (primary N) is 1. The fraction of sp³-hybridized carbons (Fsp3) is 0.677. The van der Waals surface area contributed by atoms with Crippen molar-refractivity contribution in [1.82, 2.24) is 0 Å². The molecule has 0 spiro atoms. The van der Waals surface area contributed by atoms with Crippen molar-refractivity contribution in [2.24, 2.45) is 11.1 Å². The van der Waals surface area contributed by atoms with Gasteiger partial charge in [0.2, 0.25) is 6.79 Å². The van der Waals surface area contributed by atoms with Crippen LogP contribution >= 0.6 is 7.82 Å². The number of carbonyl (C=O) groups excluding carboxylic acids is 1. The van der Waals surface area contributed by atoms with E-state index in [1.165, 1.54) is 16.8 Å². The van der Waals surface area contributed by atoms with E-state index in [0.717, 1.165) is 18.4 Å². The van der Waals surface area contributed by atoms with Crippen LogP contribution in [0.4, 0.5) is 9.18 Å². The second kappa shape index (κ2) is 23.7. The first-order valence-electron chi connectivity index (χ1n) is 14.3. The molecule has 0 aromatic rings. The predicted octanol–water partition coefficient (Wildman–Crippen LogP) is 7.53. The van der Waals surface area contributed by atoms with Gasteiger partial charge in [-0.25, -0.2) is 18.3 Å². The molecule has 255 valence electrons. The van der Waals surface area contributed by atoms with E-state index in [0.29, 0.717) is 19.6 Å². The normalized spacial score (nSPS) is 23.0. The average molecular weight is 687 g/mol. The quantitative estimate of drug-likeness (QED) is 0.0954. The number of halogens is 1. The molecule has 44 heavy (non-hydrogen) atoms. The Kier molecular flexibility index (Phi) is 24.0. The van der Waals surface area contributed by atoms with Gasteiger partial charge < -0.3 is 18.9 Å². The maximum absolute atomic E-state index is 14.0. The topological polar surface area (TPSA) is 125 Å². The summed E-state index contributed by atoms with van der Waals surface area (Å²) in [7, 11) is -4.21. The SMILES string of the molecule is C.C=C.CCC.C[C@@H]1O[C@](CF)(COP(=O)(OCOC(=O)OC2COC2)OCC2=CC=CCC2)CC1(C)C.C[C](=[V])/C=C\N. The van der Waals surface area contributed by atoms with Crippen molar-refractivity contribution in [2.75, 3.05) is 39.9 Å². The Balaban J connectivity index is 0. The molecule has 2 aliphatic heterocycles. The summed E-state index contributed by atoms with van der Waals surface area (Å²) < 4.78 is 65.0. The van der Waals surface area contributed by atoms with Crippen LogP contribution in [0.1, 0.15) is 74.7 Å². The number of carbonyl (C=O) groups is 1. The number of alkyl halides is 1. The van der Waals surface area contributed by atoms with Gasteiger partial charge in [0.05, 0.1) is 32.5 Å². The molecule has 1 unspecified atom stereocenters. The summed E-state index contributed by atoms with van der Waals surface area (Å²) in [4.78, 5) is 11.7. The van der Waals surface area contributed by atoms with Gasteiger partial charge >= 0.3 is 60.1 Å². The number of phosphoric ester groups is 1.